The molecule has 2 heterocycles. The molecule has 0 radical (unpaired) electrons. The van der Waals surface area contributed by atoms with E-state index in [0.717, 1.165) is 18.5 Å². The standard InChI is InChI=1S/C14H17NO3/c1-15-8-7-12(13(16)17-2)14(15)11-6-4-3-5-10(11)9-18-14/h3-6,12H,7-9H2,1-2H3/t12?,14-/m1/s1. The Morgan fingerprint density at radius 2 is 2.28 bits per heavy atom. The predicted octanol–water partition coefficient (Wildman–Crippen LogP) is 1.49. The molecule has 4 heteroatoms. The molecule has 96 valence electrons. The van der Waals surface area contributed by atoms with Crippen LogP contribution in [-0.4, -0.2) is 31.6 Å². The van der Waals surface area contributed by atoms with Crippen LogP contribution in [0.2, 0.25) is 0 Å². The van der Waals surface area contributed by atoms with Crippen LogP contribution in [0.5, 0.6) is 0 Å². The van der Waals surface area contributed by atoms with Crippen molar-refractivity contribution in [3.63, 3.8) is 0 Å². The molecular weight excluding hydrogens is 230 g/mol. The minimum absolute atomic E-state index is 0.184. The Morgan fingerprint density at radius 3 is 3.06 bits per heavy atom. The van der Waals surface area contributed by atoms with Crippen LogP contribution < -0.4 is 0 Å². The SMILES string of the molecule is COC(=O)C1CCN(C)[C@]12OCc1ccccc12. The topological polar surface area (TPSA) is 38.8 Å². The van der Waals surface area contributed by atoms with E-state index in [2.05, 4.69) is 17.0 Å². The van der Waals surface area contributed by atoms with Gasteiger partial charge in [-0.05, 0) is 19.0 Å². The van der Waals surface area contributed by atoms with Crippen molar-refractivity contribution in [2.24, 2.45) is 5.92 Å². The molecule has 2 aliphatic heterocycles. The number of rotatable bonds is 1. The van der Waals surface area contributed by atoms with Gasteiger partial charge in [0.15, 0.2) is 5.72 Å². The molecule has 0 aromatic heterocycles. The molecule has 1 unspecified atom stereocenters. The number of hydrogen-bond acceptors (Lipinski definition) is 4. The van der Waals surface area contributed by atoms with E-state index in [1.54, 1.807) is 0 Å². The summed E-state index contributed by atoms with van der Waals surface area (Å²) in [6, 6.07) is 8.11. The van der Waals surface area contributed by atoms with Crippen LogP contribution in [0.15, 0.2) is 24.3 Å². The van der Waals surface area contributed by atoms with E-state index in [9.17, 15) is 4.79 Å². The molecule has 1 aromatic rings. The molecule has 0 bridgehead atoms. The number of likely N-dealkylation sites (tertiary alicyclic amines) is 1. The van der Waals surface area contributed by atoms with Gasteiger partial charge in [-0.3, -0.25) is 9.69 Å². The Kier molecular flexibility index (Phi) is 2.64. The summed E-state index contributed by atoms with van der Waals surface area (Å²) >= 11 is 0. The number of nitrogens with zero attached hydrogens (tertiary/aromatic N) is 1. The first-order chi connectivity index (χ1) is 8.70. The molecular formula is C14H17NO3. The average molecular weight is 247 g/mol. The lowest BCUT2D eigenvalue weighted by Gasteiger charge is -2.35. The highest BCUT2D eigenvalue weighted by Gasteiger charge is 2.56. The van der Waals surface area contributed by atoms with Crippen LogP contribution in [0.3, 0.4) is 0 Å². The number of esters is 1. The van der Waals surface area contributed by atoms with Crippen LogP contribution in [0.4, 0.5) is 0 Å². The van der Waals surface area contributed by atoms with Crippen molar-refractivity contribution in [3.05, 3.63) is 35.4 Å². The third kappa shape index (κ3) is 1.36. The fraction of sp³-hybridized carbons (Fsp3) is 0.500. The van der Waals surface area contributed by atoms with E-state index in [1.807, 2.05) is 19.2 Å². The molecule has 2 aliphatic rings. The summed E-state index contributed by atoms with van der Waals surface area (Å²) in [5, 5.41) is 0. The van der Waals surface area contributed by atoms with Crippen molar-refractivity contribution in [1.29, 1.82) is 0 Å². The maximum Gasteiger partial charge on any atom is 0.313 e. The molecule has 0 amide bonds. The Hall–Kier alpha value is -1.39. The molecule has 2 atom stereocenters. The first-order valence-electron chi connectivity index (χ1n) is 6.21. The highest BCUT2D eigenvalue weighted by atomic mass is 16.5. The summed E-state index contributed by atoms with van der Waals surface area (Å²) in [6.45, 7) is 1.40. The van der Waals surface area contributed by atoms with Gasteiger partial charge in [-0.1, -0.05) is 24.3 Å². The summed E-state index contributed by atoms with van der Waals surface area (Å²) in [4.78, 5) is 14.1. The van der Waals surface area contributed by atoms with Gasteiger partial charge in [-0.15, -0.1) is 0 Å². The van der Waals surface area contributed by atoms with Crippen LogP contribution in [0, 0.1) is 5.92 Å². The van der Waals surface area contributed by atoms with Crippen molar-refractivity contribution in [2.75, 3.05) is 20.7 Å². The van der Waals surface area contributed by atoms with Gasteiger partial charge in [0.05, 0.1) is 13.7 Å². The first-order valence-corrected chi connectivity index (χ1v) is 6.21. The monoisotopic (exact) mass is 247 g/mol. The summed E-state index contributed by atoms with van der Waals surface area (Å²) in [5.74, 6) is -0.424. The zero-order valence-electron chi connectivity index (χ0n) is 10.7. The van der Waals surface area contributed by atoms with Crippen LogP contribution in [0.1, 0.15) is 17.5 Å². The molecule has 1 fully saturated rings. The van der Waals surface area contributed by atoms with Gasteiger partial charge >= 0.3 is 5.97 Å². The summed E-state index contributed by atoms with van der Waals surface area (Å²) in [5.41, 5.74) is 1.66. The van der Waals surface area contributed by atoms with Gasteiger partial charge in [0.2, 0.25) is 0 Å². The normalized spacial score (nSPS) is 30.7. The fourth-order valence-electron chi connectivity index (χ4n) is 3.24. The highest BCUT2D eigenvalue weighted by Crippen LogP contribution is 2.49. The van der Waals surface area contributed by atoms with Crippen LogP contribution in [-0.2, 0) is 26.6 Å². The van der Waals surface area contributed by atoms with E-state index >= 15 is 0 Å². The van der Waals surface area contributed by atoms with E-state index < -0.39 is 5.72 Å². The number of ether oxygens (including phenoxy) is 2. The molecule has 0 saturated carbocycles. The first kappa shape index (κ1) is 11.7. The molecule has 0 aliphatic carbocycles. The van der Waals surface area contributed by atoms with Crippen molar-refractivity contribution in [2.45, 2.75) is 18.8 Å². The van der Waals surface area contributed by atoms with E-state index in [1.165, 1.54) is 12.7 Å². The quantitative estimate of drug-likeness (QED) is 0.705. The van der Waals surface area contributed by atoms with Gasteiger partial charge in [-0.2, -0.15) is 0 Å². The van der Waals surface area contributed by atoms with Crippen molar-refractivity contribution in [1.82, 2.24) is 4.90 Å². The minimum atomic E-state index is -0.621. The molecule has 1 spiro atoms. The van der Waals surface area contributed by atoms with Gasteiger partial charge in [-0.25, -0.2) is 0 Å². The van der Waals surface area contributed by atoms with Crippen molar-refractivity contribution < 1.29 is 14.3 Å². The molecule has 3 rings (SSSR count). The van der Waals surface area contributed by atoms with Gasteiger partial charge in [0.25, 0.3) is 0 Å². The minimum Gasteiger partial charge on any atom is -0.469 e. The summed E-state index contributed by atoms with van der Waals surface area (Å²) in [7, 11) is 3.44. The zero-order valence-corrected chi connectivity index (χ0v) is 10.7. The fourth-order valence-corrected chi connectivity index (χ4v) is 3.24. The van der Waals surface area contributed by atoms with E-state index in [0.29, 0.717) is 6.61 Å². The molecule has 4 nitrogen and oxygen atoms in total. The van der Waals surface area contributed by atoms with Crippen LogP contribution >= 0.6 is 0 Å². The largest absolute Gasteiger partial charge is 0.469 e. The van der Waals surface area contributed by atoms with Gasteiger partial charge < -0.3 is 9.47 Å². The van der Waals surface area contributed by atoms with E-state index in [4.69, 9.17) is 9.47 Å². The summed E-state index contributed by atoms with van der Waals surface area (Å²) < 4.78 is 11.0. The predicted molar refractivity (Wildman–Crippen MR) is 65.7 cm³/mol. The Morgan fingerprint density at radius 1 is 1.50 bits per heavy atom. The van der Waals surface area contributed by atoms with Crippen molar-refractivity contribution in [3.8, 4) is 0 Å². The van der Waals surface area contributed by atoms with Gasteiger partial charge in [0.1, 0.15) is 5.92 Å². The number of fused-ring (bicyclic) bond motifs is 2. The smallest absolute Gasteiger partial charge is 0.313 e. The number of carbonyl (C=O) groups is 1. The van der Waals surface area contributed by atoms with Crippen LogP contribution in [0.25, 0.3) is 0 Å². The second-order valence-corrected chi connectivity index (χ2v) is 4.93. The zero-order chi connectivity index (χ0) is 12.8. The Balaban J connectivity index is 2.10. The number of carbonyl (C=O) groups excluding carboxylic acids is 1. The molecule has 18 heavy (non-hydrogen) atoms. The molecule has 1 aromatic carbocycles. The number of benzene rings is 1. The lowest BCUT2D eigenvalue weighted by molar-refractivity contribution is -0.179. The third-order valence-corrected chi connectivity index (χ3v) is 4.13. The Labute approximate surface area is 106 Å². The molecule has 1 saturated heterocycles. The summed E-state index contributed by atoms with van der Waals surface area (Å²) in [6.07, 6.45) is 0.775. The average Bonchev–Trinajstić information content (AvgIpc) is 2.94. The van der Waals surface area contributed by atoms with Gasteiger partial charge in [0, 0.05) is 12.1 Å². The van der Waals surface area contributed by atoms with Crippen molar-refractivity contribution >= 4 is 5.97 Å². The Bertz CT molecular complexity index is 488. The third-order valence-electron chi connectivity index (χ3n) is 4.13. The molecule has 0 N–H and O–H groups in total. The number of hydrogen-bond donors (Lipinski definition) is 0. The maximum atomic E-state index is 12.0. The second kappa shape index (κ2) is 4.07. The second-order valence-electron chi connectivity index (χ2n) is 4.93. The lowest BCUT2D eigenvalue weighted by Crippen LogP contribution is -2.45. The lowest BCUT2D eigenvalue weighted by atomic mass is 9.88. The highest BCUT2D eigenvalue weighted by molar-refractivity contribution is 5.75. The number of methoxy groups -OCH3 is 1. The maximum absolute atomic E-state index is 12.0. The van der Waals surface area contributed by atoms with E-state index in [-0.39, 0.29) is 11.9 Å².